The number of hydrogen-bond donors (Lipinski definition) is 2. The molecule has 0 atom stereocenters. The number of unbranched alkanes of at least 4 members (excludes halogenated alkanes) is 1. The van der Waals surface area contributed by atoms with Crippen molar-refractivity contribution in [1.29, 1.82) is 0 Å². The minimum atomic E-state index is -0.907. The summed E-state index contributed by atoms with van der Waals surface area (Å²) in [4.78, 5) is 13.1. The van der Waals surface area contributed by atoms with E-state index in [1.54, 1.807) is 24.3 Å². The van der Waals surface area contributed by atoms with Crippen LogP contribution in [0, 0.1) is 0 Å². The van der Waals surface area contributed by atoms with E-state index in [1.165, 1.54) is 0 Å². The van der Waals surface area contributed by atoms with Crippen LogP contribution in [-0.4, -0.2) is 41.2 Å². The highest BCUT2D eigenvalue weighted by atomic mass is 16.5. The highest BCUT2D eigenvalue weighted by Crippen LogP contribution is 2.23. The van der Waals surface area contributed by atoms with E-state index in [-0.39, 0.29) is 0 Å². The number of aliphatic carboxylic acids is 1. The van der Waals surface area contributed by atoms with Crippen LogP contribution in [-0.2, 0) is 16.1 Å². The molecule has 3 rings (SSSR count). The number of allylic oxidation sites excluding steroid dienone is 2. The van der Waals surface area contributed by atoms with Crippen molar-refractivity contribution in [2.45, 2.75) is 26.4 Å². The summed E-state index contributed by atoms with van der Waals surface area (Å²) >= 11 is 0. The van der Waals surface area contributed by atoms with Gasteiger partial charge in [-0.2, -0.15) is 0 Å². The van der Waals surface area contributed by atoms with E-state index in [2.05, 4.69) is 6.92 Å². The van der Waals surface area contributed by atoms with Crippen molar-refractivity contribution < 1.29 is 24.3 Å². The molecule has 0 aliphatic carbocycles. The van der Waals surface area contributed by atoms with Crippen LogP contribution in [0.1, 0.15) is 25.3 Å². The van der Waals surface area contributed by atoms with E-state index in [1.807, 2.05) is 11.0 Å². The van der Waals surface area contributed by atoms with E-state index < -0.39 is 13.1 Å². The third kappa shape index (κ3) is 3.47. The molecule has 2 aliphatic rings. The van der Waals surface area contributed by atoms with Crippen molar-refractivity contribution in [1.82, 2.24) is 4.90 Å². The zero-order valence-electron chi connectivity index (χ0n) is 13.6. The summed E-state index contributed by atoms with van der Waals surface area (Å²) in [5.41, 5.74) is 2.01. The van der Waals surface area contributed by atoms with Gasteiger partial charge < -0.3 is 24.4 Å². The highest BCUT2D eigenvalue weighted by molar-refractivity contribution is 6.61. The standard InChI is InChI=1S/C17H20BNO5/c1-2-3-8-19-10-12(17(20)21)4-7-16(19)24-14-5-6-15-13(9-14)11-23-18(15)22/h4-7,9,22H,2-3,8,10-11H2,1H3,(H,20,21). The van der Waals surface area contributed by atoms with E-state index in [9.17, 15) is 14.9 Å². The normalized spacial score (nSPS) is 16.6. The van der Waals surface area contributed by atoms with Crippen LogP contribution >= 0.6 is 0 Å². The number of rotatable bonds is 6. The third-order valence-corrected chi connectivity index (χ3v) is 4.16. The first kappa shape index (κ1) is 16.6. The van der Waals surface area contributed by atoms with Gasteiger partial charge in [0.1, 0.15) is 5.75 Å². The molecule has 24 heavy (non-hydrogen) atoms. The summed E-state index contributed by atoms with van der Waals surface area (Å²) in [6, 6.07) is 5.42. The maximum absolute atomic E-state index is 11.2. The van der Waals surface area contributed by atoms with Gasteiger partial charge in [0.15, 0.2) is 5.88 Å². The second kappa shape index (κ2) is 7.11. The first-order chi connectivity index (χ1) is 11.6. The van der Waals surface area contributed by atoms with E-state index in [0.717, 1.165) is 30.4 Å². The Morgan fingerprint density at radius 2 is 2.25 bits per heavy atom. The molecular weight excluding hydrogens is 309 g/mol. The number of nitrogens with zero attached hydrogens (tertiary/aromatic N) is 1. The van der Waals surface area contributed by atoms with Gasteiger partial charge in [-0.05, 0) is 41.7 Å². The van der Waals surface area contributed by atoms with Crippen molar-refractivity contribution in [2.24, 2.45) is 0 Å². The fourth-order valence-corrected chi connectivity index (χ4v) is 2.78. The Labute approximate surface area is 141 Å². The molecule has 0 unspecified atom stereocenters. The number of carbonyl (C=O) groups is 1. The lowest BCUT2D eigenvalue weighted by molar-refractivity contribution is -0.133. The van der Waals surface area contributed by atoms with Gasteiger partial charge in [0.05, 0.1) is 18.7 Å². The molecule has 0 aromatic heterocycles. The van der Waals surface area contributed by atoms with E-state index in [4.69, 9.17) is 9.39 Å². The van der Waals surface area contributed by atoms with Crippen molar-refractivity contribution in [3.63, 3.8) is 0 Å². The molecule has 1 aromatic carbocycles. The fraction of sp³-hybridized carbons (Fsp3) is 0.353. The van der Waals surface area contributed by atoms with Gasteiger partial charge in [0.25, 0.3) is 0 Å². The number of fused-ring (bicyclic) bond motifs is 1. The van der Waals surface area contributed by atoms with Crippen LogP contribution in [0.2, 0.25) is 0 Å². The van der Waals surface area contributed by atoms with Crippen LogP contribution in [0.4, 0.5) is 0 Å². The molecule has 0 saturated heterocycles. The summed E-state index contributed by atoms with van der Waals surface area (Å²) in [5.74, 6) is 0.370. The van der Waals surface area contributed by atoms with Gasteiger partial charge in [0, 0.05) is 6.54 Å². The van der Waals surface area contributed by atoms with Crippen molar-refractivity contribution in [3.8, 4) is 5.75 Å². The van der Waals surface area contributed by atoms with Crippen LogP contribution in [0.15, 0.2) is 41.8 Å². The molecule has 0 fully saturated rings. The summed E-state index contributed by atoms with van der Waals surface area (Å²) < 4.78 is 11.1. The smallest absolute Gasteiger partial charge is 0.478 e. The molecule has 0 radical (unpaired) electrons. The third-order valence-electron chi connectivity index (χ3n) is 4.16. The SMILES string of the molecule is CCCCN1CC(C(=O)O)=CC=C1Oc1ccc2c(c1)COB2O. The number of carboxylic acid groups (broad SMARTS) is 1. The first-order valence-electron chi connectivity index (χ1n) is 8.08. The minimum Gasteiger partial charge on any atom is -0.478 e. The van der Waals surface area contributed by atoms with Crippen molar-refractivity contribution in [3.05, 3.63) is 47.4 Å². The Morgan fingerprint density at radius 1 is 1.42 bits per heavy atom. The zero-order valence-corrected chi connectivity index (χ0v) is 13.6. The topological polar surface area (TPSA) is 79.2 Å². The van der Waals surface area contributed by atoms with Crippen molar-refractivity contribution in [2.75, 3.05) is 13.1 Å². The minimum absolute atomic E-state index is 0.327. The average molecular weight is 329 g/mol. The van der Waals surface area contributed by atoms with Gasteiger partial charge >= 0.3 is 13.1 Å². The Bertz CT molecular complexity index is 700. The largest absolute Gasteiger partial charge is 0.491 e. The predicted octanol–water partition coefficient (Wildman–Crippen LogP) is 1.25. The molecule has 2 N–H and O–H groups in total. The maximum Gasteiger partial charge on any atom is 0.491 e. The predicted molar refractivity (Wildman–Crippen MR) is 89.7 cm³/mol. The van der Waals surface area contributed by atoms with Gasteiger partial charge in [-0.25, -0.2) is 4.79 Å². The van der Waals surface area contributed by atoms with Crippen molar-refractivity contribution >= 4 is 18.6 Å². The second-order valence-electron chi connectivity index (χ2n) is 5.90. The van der Waals surface area contributed by atoms with Crippen LogP contribution < -0.4 is 10.2 Å². The summed E-state index contributed by atoms with van der Waals surface area (Å²) in [5, 5.41) is 18.9. The van der Waals surface area contributed by atoms with Crippen LogP contribution in [0.3, 0.4) is 0 Å². The van der Waals surface area contributed by atoms with Gasteiger partial charge in [-0.3, -0.25) is 0 Å². The number of hydrogen-bond acceptors (Lipinski definition) is 5. The Kier molecular flexibility index (Phi) is 4.92. The van der Waals surface area contributed by atoms with E-state index in [0.29, 0.717) is 30.4 Å². The number of benzene rings is 1. The Morgan fingerprint density at radius 3 is 3.00 bits per heavy atom. The maximum atomic E-state index is 11.2. The molecule has 1 aromatic rings. The number of ether oxygens (including phenoxy) is 1. The van der Waals surface area contributed by atoms with Gasteiger partial charge in [0.2, 0.25) is 0 Å². The lowest BCUT2D eigenvalue weighted by atomic mass is 9.80. The second-order valence-corrected chi connectivity index (χ2v) is 5.90. The molecule has 126 valence electrons. The average Bonchev–Trinajstić information content (AvgIpc) is 2.94. The fourth-order valence-electron chi connectivity index (χ4n) is 2.78. The molecule has 2 heterocycles. The summed E-state index contributed by atoms with van der Waals surface area (Å²) in [6.07, 6.45) is 5.25. The van der Waals surface area contributed by atoms with E-state index >= 15 is 0 Å². The molecular formula is C17H20BNO5. The molecule has 0 bridgehead atoms. The molecule has 7 heteroatoms. The highest BCUT2D eigenvalue weighted by Gasteiger charge is 2.28. The molecule has 0 amide bonds. The number of carboxylic acids is 1. The van der Waals surface area contributed by atoms with Crippen LogP contribution in [0.5, 0.6) is 5.75 Å². The molecule has 0 saturated carbocycles. The lowest BCUT2D eigenvalue weighted by Gasteiger charge is -2.29. The monoisotopic (exact) mass is 329 g/mol. The Balaban J connectivity index is 1.79. The molecule has 6 nitrogen and oxygen atoms in total. The Hall–Kier alpha value is -2.25. The molecule has 0 spiro atoms. The first-order valence-corrected chi connectivity index (χ1v) is 8.08. The van der Waals surface area contributed by atoms with Crippen LogP contribution in [0.25, 0.3) is 0 Å². The zero-order chi connectivity index (χ0) is 17.1. The summed E-state index contributed by atoms with van der Waals surface area (Å²) in [6.45, 7) is 3.51. The lowest BCUT2D eigenvalue weighted by Crippen LogP contribution is -2.33. The quantitative estimate of drug-likeness (QED) is 0.765. The van der Waals surface area contributed by atoms with Gasteiger partial charge in [-0.15, -0.1) is 0 Å². The summed E-state index contributed by atoms with van der Waals surface area (Å²) in [7, 11) is -0.870. The van der Waals surface area contributed by atoms with Gasteiger partial charge in [-0.1, -0.05) is 19.4 Å². The molecule has 2 aliphatic heterocycles.